The summed E-state index contributed by atoms with van der Waals surface area (Å²) in [5.41, 5.74) is -0.458. The molecule has 0 aromatic heterocycles. The number of hydrogen-bond donors (Lipinski definition) is 0. The molecule has 0 bridgehead atoms. The minimum atomic E-state index is -0.458. The fraction of sp³-hybridized carbons (Fsp3) is 0.667. The third-order valence-corrected chi connectivity index (χ3v) is 1.03. The number of rotatable bonds is 1. The van der Waals surface area contributed by atoms with Gasteiger partial charge < -0.3 is 9.64 Å². The van der Waals surface area contributed by atoms with Crippen molar-refractivity contribution in [1.29, 1.82) is 0 Å². The lowest BCUT2D eigenvalue weighted by Crippen LogP contribution is -2.34. The maximum atomic E-state index is 11.2. The Morgan fingerprint density at radius 3 is 2.42 bits per heavy atom. The zero-order valence-electron chi connectivity index (χ0n) is 8.05. The summed E-state index contributed by atoms with van der Waals surface area (Å²) in [5.74, 6) is 2.36. The second kappa shape index (κ2) is 4.01. The summed E-state index contributed by atoms with van der Waals surface area (Å²) in [7, 11) is 1.61. The Morgan fingerprint density at radius 2 is 2.08 bits per heavy atom. The van der Waals surface area contributed by atoms with E-state index in [1.807, 2.05) is 20.8 Å². The summed E-state index contributed by atoms with van der Waals surface area (Å²) in [6.07, 6.45) is 4.64. The van der Waals surface area contributed by atoms with Gasteiger partial charge in [-0.2, -0.15) is 0 Å². The summed E-state index contributed by atoms with van der Waals surface area (Å²) in [5, 5.41) is 0. The van der Waals surface area contributed by atoms with Crippen molar-refractivity contribution in [2.45, 2.75) is 26.4 Å². The molecule has 0 aliphatic carbocycles. The van der Waals surface area contributed by atoms with Gasteiger partial charge in [0.1, 0.15) is 5.60 Å². The molecule has 0 spiro atoms. The van der Waals surface area contributed by atoms with Crippen molar-refractivity contribution >= 4 is 6.09 Å². The van der Waals surface area contributed by atoms with Gasteiger partial charge in [-0.05, 0) is 20.8 Å². The maximum absolute atomic E-state index is 11.2. The molecular weight excluding hydrogens is 154 g/mol. The van der Waals surface area contributed by atoms with Crippen molar-refractivity contribution in [1.82, 2.24) is 4.90 Å². The van der Waals surface area contributed by atoms with Gasteiger partial charge in [-0.1, -0.05) is 5.92 Å². The molecule has 3 nitrogen and oxygen atoms in total. The average molecular weight is 169 g/mol. The number of ether oxygens (including phenoxy) is 1. The van der Waals surface area contributed by atoms with E-state index in [0.29, 0.717) is 0 Å². The molecule has 1 amide bonds. The average Bonchev–Trinajstić information content (AvgIpc) is 1.84. The Kier molecular flexibility index (Phi) is 3.62. The van der Waals surface area contributed by atoms with E-state index < -0.39 is 5.60 Å². The molecule has 0 unspecified atom stereocenters. The SMILES string of the molecule is C#CCN(C)C(=O)OC(C)(C)C. The van der Waals surface area contributed by atoms with Crippen LogP contribution in [0.4, 0.5) is 4.79 Å². The van der Waals surface area contributed by atoms with Crippen molar-refractivity contribution < 1.29 is 9.53 Å². The third kappa shape index (κ3) is 4.62. The summed E-state index contributed by atoms with van der Waals surface area (Å²) in [4.78, 5) is 12.5. The molecule has 68 valence electrons. The molecule has 0 radical (unpaired) electrons. The summed E-state index contributed by atoms with van der Waals surface area (Å²) in [6, 6.07) is 0. The second-order valence-corrected chi connectivity index (χ2v) is 3.54. The smallest absolute Gasteiger partial charge is 0.410 e. The number of terminal acetylenes is 1. The predicted molar refractivity (Wildman–Crippen MR) is 47.7 cm³/mol. The Hall–Kier alpha value is -1.17. The second-order valence-electron chi connectivity index (χ2n) is 3.54. The van der Waals surface area contributed by atoms with E-state index in [1.54, 1.807) is 7.05 Å². The minimum absolute atomic E-state index is 0.273. The molecule has 0 saturated heterocycles. The Morgan fingerprint density at radius 1 is 1.58 bits per heavy atom. The van der Waals surface area contributed by atoms with Crippen LogP contribution in [-0.4, -0.2) is 30.2 Å². The lowest BCUT2D eigenvalue weighted by molar-refractivity contribution is 0.0321. The molecule has 0 fully saturated rings. The van der Waals surface area contributed by atoms with Gasteiger partial charge >= 0.3 is 6.09 Å². The summed E-state index contributed by atoms with van der Waals surface area (Å²) in [6.45, 7) is 5.72. The van der Waals surface area contributed by atoms with Gasteiger partial charge in [0.2, 0.25) is 0 Å². The normalized spacial score (nSPS) is 10.2. The first-order valence-electron chi connectivity index (χ1n) is 3.74. The van der Waals surface area contributed by atoms with Crippen LogP contribution in [0.15, 0.2) is 0 Å². The number of carbonyl (C=O) groups is 1. The van der Waals surface area contributed by atoms with E-state index in [1.165, 1.54) is 4.90 Å². The Bertz CT molecular complexity index is 198. The molecular formula is C9H15NO2. The van der Waals surface area contributed by atoms with Gasteiger partial charge in [0, 0.05) is 7.05 Å². The molecule has 0 saturated carbocycles. The van der Waals surface area contributed by atoms with Crippen LogP contribution in [0.25, 0.3) is 0 Å². The molecule has 0 aliphatic heterocycles. The monoisotopic (exact) mass is 169 g/mol. The molecule has 0 N–H and O–H groups in total. The largest absolute Gasteiger partial charge is 0.444 e. The van der Waals surface area contributed by atoms with Crippen molar-refractivity contribution in [2.75, 3.05) is 13.6 Å². The number of nitrogens with zero attached hydrogens (tertiary/aromatic N) is 1. The van der Waals surface area contributed by atoms with E-state index in [2.05, 4.69) is 5.92 Å². The number of amides is 1. The van der Waals surface area contributed by atoms with Crippen molar-refractivity contribution in [3.63, 3.8) is 0 Å². The molecule has 3 heteroatoms. The van der Waals surface area contributed by atoms with Crippen molar-refractivity contribution in [3.8, 4) is 12.3 Å². The Balaban J connectivity index is 3.98. The highest BCUT2D eigenvalue weighted by Gasteiger charge is 2.18. The van der Waals surface area contributed by atoms with E-state index in [-0.39, 0.29) is 12.6 Å². The fourth-order valence-corrected chi connectivity index (χ4v) is 0.541. The van der Waals surface area contributed by atoms with Gasteiger partial charge in [0.25, 0.3) is 0 Å². The van der Waals surface area contributed by atoms with Gasteiger partial charge in [-0.15, -0.1) is 6.42 Å². The minimum Gasteiger partial charge on any atom is -0.444 e. The topological polar surface area (TPSA) is 29.5 Å². The van der Waals surface area contributed by atoms with Crippen LogP contribution in [-0.2, 0) is 4.74 Å². The van der Waals surface area contributed by atoms with Crippen LogP contribution >= 0.6 is 0 Å². The van der Waals surface area contributed by atoms with Crippen LogP contribution in [0.3, 0.4) is 0 Å². The first kappa shape index (κ1) is 10.8. The zero-order chi connectivity index (χ0) is 9.78. The molecule has 0 atom stereocenters. The van der Waals surface area contributed by atoms with Crippen LogP contribution in [0.5, 0.6) is 0 Å². The van der Waals surface area contributed by atoms with Gasteiger partial charge in [0.15, 0.2) is 0 Å². The van der Waals surface area contributed by atoms with Crippen molar-refractivity contribution in [3.05, 3.63) is 0 Å². The lowest BCUT2D eigenvalue weighted by Gasteiger charge is -2.23. The molecule has 12 heavy (non-hydrogen) atoms. The quantitative estimate of drug-likeness (QED) is 0.556. The summed E-state index contributed by atoms with van der Waals surface area (Å²) >= 11 is 0. The van der Waals surface area contributed by atoms with E-state index in [9.17, 15) is 4.79 Å². The van der Waals surface area contributed by atoms with Gasteiger partial charge in [0.05, 0.1) is 6.54 Å². The highest BCUT2D eigenvalue weighted by Crippen LogP contribution is 2.08. The highest BCUT2D eigenvalue weighted by molar-refractivity contribution is 5.68. The summed E-state index contributed by atoms with van der Waals surface area (Å²) < 4.78 is 5.04. The lowest BCUT2D eigenvalue weighted by atomic mass is 10.2. The van der Waals surface area contributed by atoms with Crippen molar-refractivity contribution in [2.24, 2.45) is 0 Å². The van der Waals surface area contributed by atoms with E-state index >= 15 is 0 Å². The Labute approximate surface area is 73.7 Å². The highest BCUT2D eigenvalue weighted by atomic mass is 16.6. The molecule has 0 aromatic rings. The fourth-order valence-electron chi connectivity index (χ4n) is 0.541. The molecule has 0 aliphatic rings. The number of hydrogen-bond acceptors (Lipinski definition) is 2. The van der Waals surface area contributed by atoms with Crippen LogP contribution in [0.1, 0.15) is 20.8 Å². The van der Waals surface area contributed by atoms with E-state index in [4.69, 9.17) is 11.2 Å². The van der Waals surface area contributed by atoms with Gasteiger partial charge in [-0.3, -0.25) is 0 Å². The molecule has 0 rings (SSSR count). The van der Waals surface area contributed by atoms with E-state index in [0.717, 1.165) is 0 Å². The van der Waals surface area contributed by atoms with Crippen LogP contribution in [0.2, 0.25) is 0 Å². The maximum Gasteiger partial charge on any atom is 0.410 e. The third-order valence-electron chi connectivity index (χ3n) is 1.03. The van der Waals surface area contributed by atoms with Crippen LogP contribution in [0, 0.1) is 12.3 Å². The standard InChI is InChI=1S/C9H15NO2/c1-6-7-10(5)8(11)12-9(2,3)4/h1H,7H2,2-5H3. The van der Waals surface area contributed by atoms with Gasteiger partial charge in [-0.25, -0.2) is 4.79 Å². The first-order valence-corrected chi connectivity index (χ1v) is 3.74. The van der Waals surface area contributed by atoms with Crippen LogP contribution < -0.4 is 0 Å². The first-order chi connectivity index (χ1) is 5.37. The molecule has 0 heterocycles. The number of carbonyl (C=O) groups excluding carboxylic acids is 1. The molecule has 0 aromatic carbocycles. The zero-order valence-corrected chi connectivity index (χ0v) is 8.05. The predicted octanol–water partition coefficient (Wildman–Crippen LogP) is 1.49.